The Morgan fingerprint density at radius 1 is 1.50 bits per heavy atom. The summed E-state index contributed by atoms with van der Waals surface area (Å²) < 4.78 is 10.2. The van der Waals surface area contributed by atoms with Gasteiger partial charge in [0.05, 0.1) is 18.8 Å². The topological polar surface area (TPSA) is 114 Å². The number of carboxylic acids is 1. The molecule has 2 atom stereocenters. The van der Waals surface area contributed by atoms with Gasteiger partial charge in [-0.15, -0.1) is 0 Å². The molecule has 0 aromatic heterocycles. The highest BCUT2D eigenvalue weighted by atomic mass is 16.6. The molecule has 0 radical (unpaired) electrons. The number of carbonyl (C=O) groups excluding carboxylic acids is 2. The maximum atomic E-state index is 12.0. The molecule has 0 bridgehead atoms. The predicted molar refractivity (Wildman–Crippen MR) is 75.2 cm³/mol. The van der Waals surface area contributed by atoms with Crippen molar-refractivity contribution in [2.45, 2.75) is 50.8 Å². The molecule has 2 unspecified atom stereocenters. The summed E-state index contributed by atoms with van der Waals surface area (Å²) >= 11 is 0. The van der Waals surface area contributed by atoms with Gasteiger partial charge in [-0.05, 0) is 33.6 Å². The van der Waals surface area contributed by atoms with Crippen molar-refractivity contribution in [2.24, 2.45) is 5.92 Å². The number of hydrogen-bond donors (Lipinski definition) is 3. The van der Waals surface area contributed by atoms with Gasteiger partial charge in [0, 0.05) is 5.92 Å². The van der Waals surface area contributed by atoms with Crippen molar-refractivity contribution >= 4 is 18.0 Å². The number of ether oxygens (including phenoxy) is 2. The van der Waals surface area contributed by atoms with E-state index in [1.54, 1.807) is 20.8 Å². The zero-order valence-electron chi connectivity index (χ0n) is 13.0. The van der Waals surface area contributed by atoms with Gasteiger partial charge in [0.2, 0.25) is 5.91 Å². The molecule has 2 saturated heterocycles. The van der Waals surface area contributed by atoms with Crippen LogP contribution in [0.3, 0.4) is 0 Å². The van der Waals surface area contributed by atoms with Gasteiger partial charge in [0.1, 0.15) is 11.6 Å². The molecular formula is C14H22N2O6. The molecule has 0 saturated carbocycles. The summed E-state index contributed by atoms with van der Waals surface area (Å²) in [6, 6.07) is -1.17. The van der Waals surface area contributed by atoms with E-state index < -0.39 is 29.6 Å². The number of nitrogens with one attached hydrogen (secondary N) is 2. The summed E-state index contributed by atoms with van der Waals surface area (Å²) in [7, 11) is 0. The van der Waals surface area contributed by atoms with Gasteiger partial charge in [-0.1, -0.05) is 0 Å². The fourth-order valence-electron chi connectivity index (χ4n) is 2.66. The molecule has 124 valence electrons. The maximum absolute atomic E-state index is 12.0. The van der Waals surface area contributed by atoms with Gasteiger partial charge >= 0.3 is 12.1 Å². The molecule has 2 amide bonds. The number of carbonyl (C=O) groups is 3. The largest absolute Gasteiger partial charge is 0.480 e. The van der Waals surface area contributed by atoms with Gasteiger partial charge in [-0.2, -0.15) is 0 Å². The van der Waals surface area contributed by atoms with Crippen LogP contribution in [0.2, 0.25) is 0 Å². The molecule has 22 heavy (non-hydrogen) atoms. The molecule has 0 aliphatic carbocycles. The zero-order chi connectivity index (χ0) is 16.5. The molecule has 2 heterocycles. The number of amides is 2. The first kappa shape index (κ1) is 16.5. The third kappa shape index (κ3) is 3.88. The Labute approximate surface area is 128 Å². The molecular weight excluding hydrogens is 292 g/mol. The molecule has 2 fully saturated rings. The summed E-state index contributed by atoms with van der Waals surface area (Å²) in [5, 5.41) is 14.4. The minimum Gasteiger partial charge on any atom is -0.480 e. The fraction of sp³-hybridized carbons (Fsp3) is 0.786. The second-order valence-electron chi connectivity index (χ2n) is 6.94. The summed E-state index contributed by atoms with van der Waals surface area (Å²) in [6.45, 7) is 5.96. The van der Waals surface area contributed by atoms with Crippen molar-refractivity contribution in [3.8, 4) is 0 Å². The van der Waals surface area contributed by atoms with Crippen molar-refractivity contribution in [2.75, 3.05) is 13.2 Å². The number of alkyl carbamates (subject to hydrolysis) is 1. The Balaban J connectivity index is 1.93. The molecule has 0 aromatic carbocycles. The normalized spacial score (nSPS) is 24.3. The van der Waals surface area contributed by atoms with Crippen LogP contribution >= 0.6 is 0 Å². The summed E-state index contributed by atoms with van der Waals surface area (Å²) in [4.78, 5) is 35.0. The third-order valence-corrected chi connectivity index (χ3v) is 3.66. The van der Waals surface area contributed by atoms with E-state index in [0.717, 1.165) is 0 Å². The fourth-order valence-corrected chi connectivity index (χ4v) is 2.66. The SMILES string of the molecule is CC(C)(C)OC(=O)NC(CC1CC2(COC2)NC1=O)C(=O)O. The number of rotatable bonds is 4. The lowest BCUT2D eigenvalue weighted by molar-refractivity contribution is -0.140. The first-order chi connectivity index (χ1) is 10.1. The zero-order valence-corrected chi connectivity index (χ0v) is 13.0. The van der Waals surface area contributed by atoms with Crippen molar-refractivity contribution < 1.29 is 29.0 Å². The van der Waals surface area contributed by atoms with Crippen molar-refractivity contribution in [1.82, 2.24) is 10.6 Å². The van der Waals surface area contributed by atoms with Crippen molar-refractivity contribution in [3.63, 3.8) is 0 Å². The minimum atomic E-state index is -1.19. The van der Waals surface area contributed by atoms with Crippen LogP contribution in [0.5, 0.6) is 0 Å². The van der Waals surface area contributed by atoms with Crippen LogP contribution in [0.1, 0.15) is 33.6 Å². The molecule has 3 N–H and O–H groups in total. The average molecular weight is 314 g/mol. The molecule has 2 aliphatic rings. The first-order valence-electron chi connectivity index (χ1n) is 7.22. The van der Waals surface area contributed by atoms with E-state index >= 15 is 0 Å². The van der Waals surface area contributed by atoms with Crippen LogP contribution in [0, 0.1) is 5.92 Å². The van der Waals surface area contributed by atoms with E-state index in [0.29, 0.717) is 19.6 Å². The van der Waals surface area contributed by atoms with E-state index in [-0.39, 0.29) is 17.9 Å². The minimum absolute atomic E-state index is 0.0299. The van der Waals surface area contributed by atoms with E-state index in [9.17, 15) is 19.5 Å². The average Bonchev–Trinajstić information content (AvgIpc) is 2.63. The van der Waals surface area contributed by atoms with Crippen molar-refractivity contribution in [3.05, 3.63) is 0 Å². The van der Waals surface area contributed by atoms with E-state index in [2.05, 4.69) is 10.6 Å². The number of hydrogen-bond acceptors (Lipinski definition) is 5. The third-order valence-electron chi connectivity index (χ3n) is 3.66. The number of carboxylic acid groups (broad SMARTS) is 1. The van der Waals surface area contributed by atoms with Crippen LogP contribution < -0.4 is 10.6 Å². The summed E-state index contributed by atoms with van der Waals surface area (Å²) in [6.07, 6.45) is -0.256. The molecule has 2 aliphatic heterocycles. The van der Waals surface area contributed by atoms with Gasteiger partial charge in [-0.3, -0.25) is 4.79 Å². The smallest absolute Gasteiger partial charge is 0.408 e. The summed E-state index contributed by atoms with van der Waals surface area (Å²) in [5.41, 5.74) is -1.07. The molecule has 0 aromatic rings. The molecule has 1 spiro atoms. The lowest BCUT2D eigenvalue weighted by Gasteiger charge is -2.37. The Bertz CT molecular complexity index is 480. The molecule has 8 heteroatoms. The quantitative estimate of drug-likeness (QED) is 0.686. The van der Waals surface area contributed by atoms with Crippen LogP contribution in [-0.2, 0) is 19.1 Å². The van der Waals surface area contributed by atoms with Crippen LogP contribution in [0.4, 0.5) is 4.79 Å². The van der Waals surface area contributed by atoms with Gasteiger partial charge in [0.15, 0.2) is 0 Å². The van der Waals surface area contributed by atoms with Gasteiger partial charge < -0.3 is 25.2 Å². The second kappa shape index (κ2) is 5.75. The Kier molecular flexibility index (Phi) is 4.32. The van der Waals surface area contributed by atoms with Crippen molar-refractivity contribution in [1.29, 1.82) is 0 Å². The molecule has 8 nitrogen and oxygen atoms in total. The van der Waals surface area contributed by atoms with Crippen LogP contribution in [-0.4, -0.2) is 53.5 Å². The van der Waals surface area contributed by atoms with Crippen LogP contribution in [0.15, 0.2) is 0 Å². The Morgan fingerprint density at radius 3 is 2.55 bits per heavy atom. The van der Waals surface area contributed by atoms with Gasteiger partial charge in [-0.25, -0.2) is 9.59 Å². The Hall–Kier alpha value is -1.83. The maximum Gasteiger partial charge on any atom is 0.408 e. The van der Waals surface area contributed by atoms with Gasteiger partial charge in [0.25, 0.3) is 0 Å². The lowest BCUT2D eigenvalue weighted by atomic mass is 9.88. The lowest BCUT2D eigenvalue weighted by Crippen LogP contribution is -2.57. The number of aliphatic carboxylic acids is 1. The summed E-state index contributed by atoms with van der Waals surface area (Å²) in [5.74, 6) is -1.84. The highest BCUT2D eigenvalue weighted by molar-refractivity contribution is 5.85. The van der Waals surface area contributed by atoms with E-state index in [1.807, 2.05) is 0 Å². The molecule has 2 rings (SSSR count). The second-order valence-corrected chi connectivity index (χ2v) is 6.94. The predicted octanol–water partition coefficient (Wildman–Crippen LogP) is 0.260. The van der Waals surface area contributed by atoms with E-state index in [4.69, 9.17) is 9.47 Å². The van der Waals surface area contributed by atoms with E-state index in [1.165, 1.54) is 0 Å². The standard InChI is InChI=1S/C14H22N2O6/c1-13(2,3)22-12(20)15-9(11(18)19)4-8-5-14(6-21-7-14)16-10(8)17/h8-9H,4-7H2,1-3H3,(H,15,20)(H,16,17)(H,18,19). The highest BCUT2D eigenvalue weighted by Gasteiger charge is 2.50. The Morgan fingerprint density at radius 2 is 2.14 bits per heavy atom. The first-order valence-corrected chi connectivity index (χ1v) is 7.22. The monoisotopic (exact) mass is 314 g/mol. The van der Waals surface area contributed by atoms with Crippen LogP contribution in [0.25, 0.3) is 0 Å². The highest BCUT2D eigenvalue weighted by Crippen LogP contribution is 2.33.